The largest absolute Gasteiger partial charge is 0.495 e. The number of fused-ring (bicyclic) bond motifs is 3. The normalized spacial score (nSPS) is 14.6. The van der Waals surface area contributed by atoms with E-state index in [0.29, 0.717) is 0 Å². The number of para-hydroxylation sites is 1. The zero-order valence-electron chi connectivity index (χ0n) is 9.69. The lowest BCUT2D eigenvalue weighted by Gasteiger charge is -2.18. The van der Waals surface area contributed by atoms with Gasteiger partial charge in [0.1, 0.15) is 5.75 Å². The van der Waals surface area contributed by atoms with Crippen LogP contribution in [0.5, 0.6) is 5.75 Å². The molecule has 17 heavy (non-hydrogen) atoms. The highest BCUT2D eigenvalue weighted by Gasteiger charge is 2.21. The van der Waals surface area contributed by atoms with Crippen molar-refractivity contribution in [3.05, 3.63) is 29.5 Å². The van der Waals surface area contributed by atoms with E-state index in [1.165, 1.54) is 0 Å². The molecule has 0 amide bonds. The second-order valence-electron chi connectivity index (χ2n) is 4.16. The molecule has 1 aromatic heterocycles. The first-order valence-corrected chi connectivity index (χ1v) is 5.70. The third-order valence-electron chi connectivity index (χ3n) is 3.34. The molecule has 88 valence electrons. The summed E-state index contributed by atoms with van der Waals surface area (Å²) in [5.74, 6) is 0.832. The Balaban J connectivity index is 2.42. The maximum atomic E-state index is 11.3. The van der Waals surface area contributed by atoms with Crippen LogP contribution in [0.2, 0.25) is 0 Å². The van der Waals surface area contributed by atoms with E-state index < -0.39 is 0 Å². The van der Waals surface area contributed by atoms with E-state index >= 15 is 0 Å². The minimum atomic E-state index is 0.742. The summed E-state index contributed by atoms with van der Waals surface area (Å²) in [6, 6.07) is 5.84. The van der Waals surface area contributed by atoms with Gasteiger partial charge in [-0.15, -0.1) is 0 Å². The van der Waals surface area contributed by atoms with Crippen LogP contribution in [0.1, 0.15) is 16.1 Å². The fraction of sp³-hybridized carbons (Fsp3) is 0.308. The average molecular weight is 230 g/mol. The van der Waals surface area contributed by atoms with E-state index in [4.69, 9.17) is 4.74 Å². The van der Waals surface area contributed by atoms with Gasteiger partial charge in [0.25, 0.3) is 0 Å². The molecule has 2 aromatic rings. The minimum Gasteiger partial charge on any atom is -0.495 e. The van der Waals surface area contributed by atoms with E-state index in [9.17, 15) is 4.79 Å². The molecular weight excluding hydrogens is 216 g/mol. The number of rotatable bonds is 2. The number of hydrogen-bond acceptors (Lipinski definition) is 3. The van der Waals surface area contributed by atoms with Gasteiger partial charge in [0, 0.05) is 36.3 Å². The number of hydrogen-bond donors (Lipinski definition) is 1. The Morgan fingerprint density at radius 3 is 3.12 bits per heavy atom. The lowest BCUT2D eigenvalue weighted by atomic mass is 10.1. The number of nitrogens with one attached hydrogen (secondary N) is 1. The van der Waals surface area contributed by atoms with Crippen molar-refractivity contribution in [2.24, 2.45) is 0 Å². The molecule has 0 bridgehead atoms. The first-order valence-electron chi connectivity index (χ1n) is 5.70. The Morgan fingerprint density at radius 2 is 2.35 bits per heavy atom. The monoisotopic (exact) mass is 230 g/mol. The van der Waals surface area contributed by atoms with Crippen LogP contribution < -0.4 is 10.1 Å². The summed E-state index contributed by atoms with van der Waals surface area (Å²) in [5.41, 5.74) is 2.88. The predicted octanol–water partition coefficient (Wildman–Crippen LogP) is 1.57. The fourth-order valence-electron chi connectivity index (χ4n) is 2.59. The molecule has 4 heteroatoms. The van der Waals surface area contributed by atoms with Gasteiger partial charge in [0.05, 0.1) is 12.6 Å². The van der Waals surface area contributed by atoms with Crippen LogP contribution >= 0.6 is 0 Å². The van der Waals surface area contributed by atoms with Gasteiger partial charge >= 0.3 is 0 Å². The Labute approximate surface area is 99.2 Å². The molecule has 1 N–H and O–H groups in total. The number of aldehydes is 1. The topological polar surface area (TPSA) is 43.3 Å². The molecule has 1 aromatic carbocycles. The lowest BCUT2D eigenvalue weighted by Crippen LogP contribution is -2.28. The minimum absolute atomic E-state index is 0.742. The Bertz CT molecular complexity index is 587. The van der Waals surface area contributed by atoms with E-state index in [-0.39, 0.29) is 0 Å². The van der Waals surface area contributed by atoms with Crippen molar-refractivity contribution in [1.29, 1.82) is 0 Å². The number of ether oxygens (including phenoxy) is 1. The van der Waals surface area contributed by atoms with Gasteiger partial charge in [-0.05, 0) is 6.07 Å². The first kappa shape index (κ1) is 10.4. The van der Waals surface area contributed by atoms with Crippen LogP contribution in [0.3, 0.4) is 0 Å². The molecule has 4 nitrogen and oxygen atoms in total. The number of carbonyl (C=O) groups excluding carboxylic acids is 1. The SMILES string of the molecule is COc1cccc2c(C=O)c3n(c12)CCNC3. The van der Waals surface area contributed by atoms with Crippen molar-refractivity contribution in [1.82, 2.24) is 9.88 Å². The van der Waals surface area contributed by atoms with Gasteiger partial charge in [0.2, 0.25) is 0 Å². The van der Waals surface area contributed by atoms with Crippen LogP contribution in [0.4, 0.5) is 0 Å². The molecule has 0 fully saturated rings. The molecule has 0 radical (unpaired) electrons. The predicted molar refractivity (Wildman–Crippen MR) is 65.6 cm³/mol. The van der Waals surface area contributed by atoms with Crippen LogP contribution in [0, 0.1) is 0 Å². The van der Waals surface area contributed by atoms with Crippen molar-refractivity contribution < 1.29 is 9.53 Å². The van der Waals surface area contributed by atoms with Crippen LogP contribution in [0.25, 0.3) is 10.9 Å². The third kappa shape index (κ3) is 1.37. The fourth-order valence-corrected chi connectivity index (χ4v) is 2.59. The summed E-state index contributed by atoms with van der Waals surface area (Å²) >= 11 is 0. The third-order valence-corrected chi connectivity index (χ3v) is 3.34. The Kier molecular flexibility index (Phi) is 2.37. The summed E-state index contributed by atoms with van der Waals surface area (Å²) in [7, 11) is 1.66. The maximum absolute atomic E-state index is 11.3. The summed E-state index contributed by atoms with van der Waals surface area (Å²) in [6.07, 6.45) is 0.945. The maximum Gasteiger partial charge on any atom is 0.152 e. The van der Waals surface area contributed by atoms with Gasteiger partial charge in [-0.1, -0.05) is 12.1 Å². The van der Waals surface area contributed by atoms with E-state index in [2.05, 4.69) is 9.88 Å². The van der Waals surface area contributed by atoms with Crippen LogP contribution in [-0.4, -0.2) is 24.5 Å². The number of carbonyl (C=O) groups is 1. The van der Waals surface area contributed by atoms with Crippen LogP contribution in [0.15, 0.2) is 18.2 Å². The molecule has 0 saturated heterocycles. The highest BCUT2D eigenvalue weighted by atomic mass is 16.5. The number of aromatic nitrogens is 1. The number of nitrogens with zero attached hydrogens (tertiary/aromatic N) is 1. The number of benzene rings is 1. The van der Waals surface area contributed by atoms with Gasteiger partial charge < -0.3 is 14.6 Å². The second kappa shape index (κ2) is 3.89. The molecule has 0 atom stereocenters. The zero-order chi connectivity index (χ0) is 11.8. The molecule has 0 aliphatic carbocycles. The second-order valence-corrected chi connectivity index (χ2v) is 4.16. The lowest BCUT2D eigenvalue weighted by molar-refractivity contribution is 0.112. The summed E-state index contributed by atoms with van der Waals surface area (Å²) in [5, 5.41) is 4.28. The number of methoxy groups -OCH3 is 1. The van der Waals surface area contributed by atoms with Crippen molar-refractivity contribution in [2.75, 3.05) is 13.7 Å². The summed E-state index contributed by atoms with van der Waals surface area (Å²) < 4.78 is 7.58. The molecule has 0 unspecified atom stereocenters. The van der Waals surface area contributed by atoms with Crippen molar-refractivity contribution in [2.45, 2.75) is 13.1 Å². The highest BCUT2D eigenvalue weighted by molar-refractivity contribution is 6.01. The molecular formula is C13H14N2O2. The quantitative estimate of drug-likeness (QED) is 0.796. The van der Waals surface area contributed by atoms with Crippen molar-refractivity contribution in [3.8, 4) is 5.75 Å². The Morgan fingerprint density at radius 1 is 1.47 bits per heavy atom. The average Bonchev–Trinajstić information content (AvgIpc) is 2.72. The molecule has 3 rings (SSSR count). The zero-order valence-corrected chi connectivity index (χ0v) is 9.69. The summed E-state index contributed by atoms with van der Waals surface area (Å²) in [4.78, 5) is 11.3. The van der Waals surface area contributed by atoms with Crippen molar-refractivity contribution >= 4 is 17.2 Å². The molecule has 1 aliphatic rings. The van der Waals surface area contributed by atoms with Crippen molar-refractivity contribution in [3.63, 3.8) is 0 Å². The van der Waals surface area contributed by atoms with E-state index in [1.54, 1.807) is 7.11 Å². The highest BCUT2D eigenvalue weighted by Crippen LogP contribution is 2.32. The summed E-state index contributed by atoms with van der Waals surface area (Å²) in [6.45, 7) is 2.54. The Hall–Kier alpha value is -1.81. The first-order chi connectivity index (χ1) is 8.36. The van der Waals surface area contributed by atoms with E-state index in [1.807, 2.05) is 18.2 Å². The molecule has 2 heterocycles. The molecule has 0 spiro atoms. The van der Waals surface area contributed by atoms with Gasteiger partial charge in [-0.3, -0.25) is 4.79 Å². The van der Waals surface area contributed by atoms with Crippen LogP contribution in [-0.2, 0) is 13.1 Å². The molecule has 1 aliphatic heterocycles. The van der Waals surface area contributed by atoms with Gasteiger partial charge in [-0.25, -0.2) is 0 Å². The van der Waals surface area contributed by atoms with E-state index in [0.717, 1.165) is 53.8 Å². The smallest absolute Gasteiger partial charge is 0.152 e. The van der Waals surface area contributed by atoms with Gasteiger partial charge in [0.15, 0.2) is 6.29 Å². The standard InChI is InChI=1S/C13H14N2O2/c1-17-12-4-2-3-9-10(8-16)11-7-14-5-6-15(11)13(9)12/h2-4,8,14H,5-7H2,1H3. The molecule has 0 saturated carbocycles. The van der Waals surface area contributed by atoms with Gasteiger partial charge in [-0.2, -0.15) is 0 Å².